The summed E-state index contributed by atoms with van der Waals surface area (Å²) in [5.41, 5.74) is 0.873. The number of hydrogen-bond donors (Lipinski definition) is 2. The smallest absolute Gasteiger partial charge is 0.119 e. The molecule has 0 unspecified atom stereocenters. The van der Waals surface area contributed by atoms with Crippen molar-refractivity contribution in [2.24, 2.45) is 5.92 Å². The predicted octanol–water partition coefficient (Wildman–Crippen LogP) is 2.70. The Morgan fingerprint density at radius 3 is 2.82 bits per heavy atom. The van der Waals surface area contributed by atoms with Crippen LogP contribution in [0.5, 0.6) is 5.75 Å². The van der Waals surface area contributed by atoms with Gasteiger partial charge in [-0.3, -0.25) is 0 Å². The topological polar surface area (TPSA) is 50.7 Å². The summed E-state index contributed by atoms with van der Waals surface area (Å²) in [6, 6.07) is 8.23. The molecule has 2 rings (SSSR count). The van der Waals surface area contributed by atoms with Crippen molar-refractivity contribution in [1.29, 1.82) is 0 Å². The molecule has 1 aromatic carbocycles. The van der Waals surface area contributed by atoms with Gasteiger partial charge in [-0.05, 0) is 56.3 Å². The number of benzene rings is 1. The van der Waals surface area contributed by atoms with Gasteiger partial charge < -0.3 is 19.9 Å². The Bertz CT molecular complexity index is 446. The normalized spacial score (nSPS) is 21.3. The van der Waals surface area contributed by atoms with E-state index >= 15 is 0 Å². The van der Waals surface area contributed by atoms with E-state index in [0.29, 0.717) is 5.92 Å². The van der Waals surface area contributed by atoms with E-state index in [2.05, 4.69) is 17.4 Å². The maximum atomic E-state index is 9.13. The van der Waals surface area contributed by atoms with Crippen LogP contribution in [0.4, 0.5) is 0 Å². The van der Waals surface area contributed by atoms with Crippen molar-refractivity contribution in [3.63, 3.8) is 0 Å². The van der Waals surface area contributed by atoms with E-state index in [0.717, 1.165) is 44.5 Å². The SMILES string of the molecule is COc1cccc([C@@](CCCCO)(OC)[C@@H]2CCCNC2)c1. The van der Waals surface area contributed by atoms with Gasteiger partial charge in [-0.2, -0.15) is 0 Å². The van der Waals surface area contributed by atoms with Crippen LogP contribution >= 0.6 is 0 Å². The van der Waals surface area contributed by atoms with Crippen LogP contribution in [0.1, 0.15) is 37.7 Å². The lowest BCUT2D eigenvalue weighted by Gasteiger charge is -2.42. The molecule has 0 aliphatic carbocycles. The van der Waals surface area contributed by atoms with Gasteiger partial charge in [0.15, 0.2) is 0 Å². The number of nitrogens with one attached hydrogen (secondary N) is 1. The molecule has 0 spiro atoms. The monoisotopic (exact) mass is 307 g/mol. The van der Waals surface area contributed by atoms with Crippen molar-refractivity contribution in [3.8, 4) is 5.75 Å². The first kappa shape index (κ1) is 17.3. The molecule has 2 N–H and O–H groups in total. The van der Waals surface area contributed by atoms with Gasteiger partial charge in [0, 0.05) is 26.2 Å². The highest BCUT2D eigenvalue weighted by Gasteiger charge is 2.40. The summed E-state index contributed by atoms with van der Waals surface area (Å²) >= 11 is 0. The van der Waals surface area contributed by atoms with E-state index in [9.17, 15) is 0 Å². The fraction of sp³-hybridized carbons (Fsp3) is 0.667. The number of methoxy groups -OCH3 is 2. The second-order valence-corrected chi connectivity index (χ2v) is 6.05. The summed E-state index contributed by atoms with van der Waals surface area (Å²) < 4.78 is 11.5. The lowest BCUT2D eigenvalue weighted by atomic mass is 9.74. The van der Waals surface area contributed by atoms with E-state index in [4.69, 9.17) is 14.6 Å². The van der Waals surface area contributed by atoms with Crippen molar-refractivity contribution >= 4 is 0 Å². The summed E-state index contributed by atoms with van der Waals surface area (Å²) in [6.07, 6.45) is 5.04. The number of hydrogen-bond acceptors (Lipinski definition) is 4. The number of aliphatic hydroxyl groups excluding tert-OH is 1. The molecule has 1 heterocycles. The fourth-order valence-electron chi connectivity index (χ4n) is 3.61. The average Bonchev–Trinajstić information content (AvgIpc) is 2.60. The van der Waals surface area contributed by atoms with Crippen molar-refractivity contribution in [3.05, 3.63) is 29.8 Å². The third-order valence-corrected chi connectivity index (χ3v) is 4.84. The molecule has 4 nitrogen and oxygen atoms in total. The van der Waals surface area contributed by atoms with Crippen LogP contribution in [0.2, 0.25) is 0 Å². The van der Waals surface area contributed by atoms with Crippen LogP contribution in [0.25, 0.3) is 0 Å². The van der Waals surface area contributed by atoms with Crippen LogP contribution < -0.4 is 10.1 Å². The number of unbranched alkanes of at least 4 members (excludes halogenated alkanes) is 1. The van der Waals surface area contributed by atoms with Gasteiger partial charge >= 0.3 is 0 Å². The van der Waals surface area contributed by atoms with Crippen LogP contribution in [0.15, 0.2) is 24.3 Å². The second-order valence-electron chi connectivity index (χ2n) is 6.05. The number of piperidine rings is 1. The summed E-state index contributed by atoms with van der Waals surface area (Å²) in [4.78, 5) is 0. The molecule has 124 valence electrons. The summed E-state index contributed by atoms with van der Waals surface area (Å²) in [6.45, 7) is 2.30. The molecule has 1 fully saturated rings. The minimum absolute atomic E-state index is 0.237. The van der Waals surface area contributed by atoms with Crippen molar-refractivity contribution in [1.82, 2.24) is 5.32 Å². The molecule has 1 aliphatic heterocycles. The Morgan fingerprint density at radius 2 is 2.18 bits per heavy atom. The van der Waals surface area contributed by atoms with E-state index in [1.54, 1.807) is 7.11 Å². The maximum absolute atomic E-state index is 9.13. The Labute approximate surface area is 133 Å². The van der Waals surface area contributed by atoms with Gasteiger partial charge in [0.25, 0.3) is 0 Å². The van der Waals surface area contributed by atoms with Crippen molar-refractivity contribution < 1.29 is 14.6 Å². The van der Waals surface area contributed by atoms with Crippen LogP contribution in [-0.2, 0) is 10.3 Å². The van der Waals surface area contributed by atoms with E-state index in [-0.39, 0.29) is 12.2 Å². The molecule has 1 aromatic rings. The molecular weight excluding hydrogens is 278 g/mol. The second kappa shape index (κ2) is 8.51. The van der Waals surface area contributed by atoms with Crippen LogP contribution in [0.3, 0.4) is 0 Å². The average molecular weight is 307 g/mol. The largest absolute Gasteiger partial charge is 0.497 e. The Balaban J connectivity index is 2.32. The summed E-state index contributed by atoms with van der Waals surface area (Å²) in [7, 11) is 3.51. The molecule has 0 radical (unpaired) electrons. The first-order valence-electron chi connectivity index (χ1n) is 8.28. The molecule has 0 amide bonds. The first-order chi connectivity index (χ1) is 10.8. The third kappa shape index (κ3) is 3.80. The minimum Gasteiger partial charge on any atom is -0.497 e. The number of ether oxygens (including phenoxy) is 2. The molecule has 1 aliphatic rings. The zero-order valence-electron chi connectivity index (χ0n) is 13.8. The molecule has 22 heavy (non-hydrogen) atoms. The zero-order valence-corrected chi connectivity index (χ0v) is 13.8. The highest BCUT2D eigenvalue weighted by molar-refractivity contribution is 5.33. The van der Waals surface area contributed by atoms with E-state index in [1.807, 2.05) is 19.2 Å². The fourth-order valence-corrected chi connectivity index (χ4v) is 3.61. The Kier molecular flexibility index (Phi) is 6.68. The lowest BCUT2D eigenvalue weighted by molar-refractivity contribution is -0.0799. The third-order valence-electron chi connectivity index (χ3n) is 4.84. The first-order valence-corrected chi connectivity index (χ1v) is 8.28. The van der Waals surface area contributed by atoms with Crippen molar-refractivity contribution in [2.75, 3.05) is 33.9 Å². The molecule has 0 saturated carbocycles. The molecule has 0 bridgehead atoms. The highest BCUT2D eigenvalue weighted by atomic mass is 16.5. The van der Waals surface area contributed by atoms with Gasteiger partial charge in [-0.1, -0.05) is 12.1 Å². The molecule has 4 heteroatoms. The van der Waals surface area contributed by atoms with Crippen LogP contribution in [-0.4, -0.2) is 39.0 Å². The van der Waals surface area contributed by atoms with E-state index in [1.165, 1.54) is 12.0 Å². The molecule has 2 atom stereocenters. The van der Waals surface area contributed by atoms with Gasteiger partial charge in [-0.15, -0.1) is 0 Å². The van der Waals surface area contributed by atoms with Gasteiger partial charge in [0.2, 0.25) is 0 Å². The van der Waals surface area contributed by atoms with Gasteiger partial charge in [0.05, 0.1) is 12.7 Å². The zero-order chi connectivity index (χ0) is 15.8. The Hall–Kier alpha value is -1.10. The van der Waals surface area contributed by atoms with Gasteiger partial charge in [-0.25, -0.2) is 0 Å². The maximum Gasteiger partial charge on any atom is 0.119 e. The number of aliphatic hydroxyl groups is 1. The molecule has 0 aromatic heterocycles. The van der Waals surface area contributed by atoms with Gasteiger partial charge in [0.1, 0.15) is 5.75 Å². The minimum atomic E-state index is -0.308. The van der Waals surface area contributed by atoms with Crippen molar-refractivity contribution in [2.45, 2.75) is 37.7 Å². The van der Waals surface area contributed by atoms with Crippen LogP contribution in [0, 0.1) is 5.92 Å². The Morgan fingerprint density at radius 1 is 1.32 bits per heavy atom. The van der Waals surface area contributed by atoms with E-state index < -0.39 is 0 Å². The summed E-state index contributed by atoms with van der Waals surface area (Å²) in [5, 5.41) is 12.6. The number of rotatable bonds is 8. The predicted molar refractivity (Wildman–Crippen MR) is 88.2 cm³/mol. The highest BCUT2D eigenvalue weighted by Crippen LogP contribution is 2.42. The lowest BCUT2D eigenvalue weighted by Crippen LogP contribution is -2.45. The quantitative estimate of drug-likeness (QED) is 0.725. The standard InChI is InChI=1S/C18H29NO3/c1-21-17-9-5-7-15(13-17)18(22-2,10-3-4-12-20)16-8-6-11-19-14-16/h5,7,9,13,16,19-20H,3-4,6,8,10-12,14H2,1-2H3/t16-,18-/m1/s1. The summed E-state index contributed by atoms with van der Waals surface area (Å²) in [5.74, 6) is 1.31. The molecular formula is C18H29NO3. The molecule has 1 saturated heterocycles.